The van der Waals surface area contributed by atoms with Gasteiger partial charge in [0.1, 0.15) is 5.01 Å². The van der Waals surface area contributed by atoms with Gasteiger partial charge in [0, 0.05) is 29.2 Å². The monoisotopic (exact) mass is 440 g/mol. The number of fused-ring (bicyclic) bond motifs is 1. The highest BCUT2D eigenvalue weighted by Gasteiger charge is 2.11. The molecule has 160 valence electrons. The number of hydrogen-bond acceptors (Lipinski definition) is 6. The number of anilines is 1. The Kier molecular flexibility index (Phi) is 5.66. The first-order valence-electron chi connectivity index (χ1n) is 10.6. The summed E-state index contributed by atoms with van der Waals surface area (Å²) in [6.07, 6.45) is 0.787. The molecular formula is C25H24N6S. The Labute approximate surface area is 190 Å². The van der Waals surface area contributed by atoms with Gasteiger partial charge in [0.15, 0.2) is 0 Å². The van der Waals surface area contributed by atoms with Crippen molar-refractivity contribution in [3.63, 3.8) is 0 Å². The molecule has 5 aromatic rings. The summed E-state index contributed by atoms with van der Waals surface area (Å²) in [5, 5.41) is 22.0. The van der Waals surface area contributed by atoms with Gasteiger partial charge >= 0.3 is 0 Å². The van der Waals surface area contributed by atoms with Crippen LogP contribution < -0.4 is 11.1 Å². The van der Waals surface area contributed by atoms with Gasteiger partial charge in [-0.25, -0.2) is 0 Å². The van der Waals surface area contributed by atoms with Gasteiger partial charge in [-0.1, -0.05) is 65.9 Å². The molecule has 0 aliphatic carbocycles. The van der Waals surface area contributed by atoms with E-state index in [1.807, 2.05) is 25.1 Å². The molecule has 6 nitrogen and oxygen atoms in total. The third-order valence-electron chi connectivity index (χ3n) is 5.46. The summed E-state index contributed by atoms with van der Waals surface area (Å²) in [6, 6.07) is 25.1. The number of nitrogens with one attached hydrogen (secondary N) is 2. The Morgan fingerprint density at radius 3 is 2.66 bits per heavy atom. The van der Waals surface area contributed by atoms with Crippen molar-refractivity contribution in [3.05, 3.63) is 84.1 Å². The predicted molar refractivity (Wildman–Crippen MR) is 132 cm³/mol. The lowest BCUT2D eigenvalue weighted by molar-refractivity contribution is 0.698. The Balaban J connectivity index is 1.22. The van der Waals surface area contributed by atoms with Crippen molar-refractivity contribution in [2.24, 2.45) is 5.73 Å². The molecule has 0 radical (unpaired) electrons. The van der Waals surface area contributed by atoms with E-state index in [1.54, 1.807) is 0 Å². The summed E-state index contributed by atoms with van der Waals surface area (Å²) >= 11 is 1.53. The molecule has 3 aromatic carbocycles. The van der Waals surface area contributed by atoms with Gasteiger partial charge in [0.05, 0.1) is 5.52 Å². The predicted octanol–water partition coefficient (Wildman–Crippen LogP) is 5.04. The molecule has 0 unspecified atom stereocenters. The second kappa shape index (κ2) is 8.90. The zero-order valence-electron chi connectivity index (χ0n) is 17.7. The largest absolute Gasteiger partial charge is 0.359 e. The fraction of sp³-hybridized carbons (Fsp3) is 0.160. The molecule has 1 atom stereocenters. The third-order valence-corrected chi connectivity index (χ3v) is 6.39. The lowest BCUT2D eigenvalue weighted by Gasteiger charge is -2.13. The summed E-state index contributed by atoms with van der Waals surface area (Å²) in [5.41, 5.74) is 13.1. The standard InChI is InChI=1S/C25H24N6S/c1-16-22-14-20(10-11-23(22)29-28-16)24-30-31-25(32-24)27-15-21(26)13-17-6-5-9-19(12-17)18-7-3-2-4-8-18/h2-12,14,21H,13,15,26H2,1H3,(H,27,31)(H,28,29)/t21-/m0/s1. The van der Waals surface area contributed by atoms with Gasteiger partial charge < -0.3 is 11.1 Å². The van der Waals surface area contributed by atoms with Crippen LogP contribution in [0.5, 0.6) is 0 Å². The zero-order valence-corrected chi connectivity index (χ0v) is 18.6. The van der Waals surface area contributed by atoms with Gasteiger partial charge in [-0.05, 0) is 48.2 Å². The van der Waals surface area contributed by atoms with Crippen LogP contribution in [0, 0.1) is 6.92 Å². The molecule has 0 saturated carbocycles. The average Bonchev–Trinajstić information content (AvgIpc) is 3.45. The topological polar surface area (TPSA) is 92.5 Å². The first kappa shape index (κ1) is 20.4. The molecule has 7 heteroatoms. The third kappa shape index (κ3) is 4.39. The molecular weight excluding hydrogens is 416 g/mol. The molecule has 0 aliphatic heterocycles. The first-order valence-corrected chi connectivity index (χ1v) is 11.4. The van der Waals surface area contributed by atoms with E-state index in [0.717, 1.165) is 38.7 Å². The molecule has 0 spiro atoms. The van der Waals surface area contributed by atoms with E-state index in [2.05, 4.69) is 80.3 Å². The molecule has 4 N–H and O–H groups in total. The fourth-order valence-corrected chi connectivity index (χ4v) is 4.53. The van der Waals surface area contributed by atoms with E-state index in [1.165, 1.54) is 28.0 Å². The summed E-state index contributed by atoms with van der Waals surface area (Å²) in [4.78, 5) is 0. The van der Waals surface area contributed by atoms with Crippen molar-refractivity contribution in [1.82, 2.24) is 20.4 Å². The molecule has 5 rings (SSSR count). The van der Waals surface area contributed by atoms with Crippen LogP contribution in [0.4, 0.5) is 5.13 Å². The number of nitrogens with two attached hydrogens (primary N) is 1. The van der Waals surface area contributed by atoms with E-state index >= 15 is 0 Å². The van der Waals surface area contributed by atoms with E-state index in [4.69, 9.17) is 5.73 Å². The van der Waals surface area contributed by atoms with Gasteiger partial charge in [0.2, 0.25) is 5.13 Å². The van der Waals surface area contributed by atoms with Crippen LogP contribution in [0.1, 0.15) is 11.3 Å². The summed E-state index contributed by atoms with van der Waals surface area (Å²) in [6.45, 7) is 2.65. The maximum Gasteiger partial charge on any atom is 0.206 e. The average molecular weight is 441 g/mol. The van der Waals surface area contributed by atoms with Gasteiger partial charge in [-0.3, -0.25) is 5.10 Å². The van der Waals surface area contributed by atoms with Crippen LogP contribution in [0.15, 0.2) is 72.8 Å². The highest BCUT2D eigenvalue weighted by molar-refractivity contribution is 7.18. The minimum atomic E-state index is -0.0293. The lowest BCUT2D eigenvalue weighted by atomic mass is 10.00. The number of nitrogens with zero attached hydrogens (tertiary/aromatic N) is 3. The van der Waals surface area contributed by atoms with Crippen molar-refractivity contribution in [2.45, 2.75) is 19.4 Å². The van der Waals surface area contributed by atoms with Gasteiger partial charge in [0.25, 0.3) is 0 Å². The van der Waals surface area contributed by atoms with Crippen LogP contribution in [0.25, 0.3) is 32.6 Å². The minimum absolute atomic E-state index is 0.0293. The fourth-order valence-electron chi connectivity index (χ4n) is 3.78. The Morgan fingerprint density at radius 2 is 1.78 bits per heavy atom. The van der Waals surface area contributed by atoms with Crippen molar-refractivity contribution in [1.29, 1.82) is 0 Å². The highest BCUT2D eigenvalue weighted by atomic mass is 32.1. The summed E-state index contributed by atoms with van der Waals surface area (Å²) in [5.74, 6) is 0. The van der Waals surface area contributed by atoms with Crippen molar-refractivity contribution < 1.29 is 0 Å². The summed E-state index contributed by atoms with van der Waals surface area (Å²) < 4.78 is 0. The number of aromatic nitrogens is 4. The van der Waals surface area contributed by atoms with E-state index < -0.39 is 0 Å². The molecule has 0 amide bonds. The second-order valence-electron chi connectivity index (χ2n) is 7.90. The first-order chi connectivity index (χ1) is 15.7. The molecule has 2 aromatic heterocycles. The minimum Gasteiger partial charge on any atom is -0.359 e. The molecule has 0 bridgehead atoms. The number of aryl methyl sites for hydroxylation is 1. The number of benzene rings is 3. The smallest absolute Gasteiger partial charge is 0.206 e. The molecule has 0 aliphatic rings. The molecule has 0 saturated heterocycles. The number of aromatic amines is 1. The summed E-state index contributed by atoms with van der Waals surface area (Å²) in [7, 11) is 0. The van der Waals surface area contributed by atoms with Crippen LogP contribution in [0.2, 0.25) is 0 Å². The van der Waals surface area contributed by atoms with E-state index in [9.17, 15) is 0 Å². The number of hydrogen-bond donors (Lipinski definition) is 3. The van der Waals surface area contributed by atoms with Crippen LogP contribution in [-0.4, -0.2) is 33.0 Å². The Hall–Kier alpha value is -3.55. The second-order valence-corrected chi connectivity index (χ2v) is 8.88. The number of rotatable bonds is 7. The SMILES string of the molecule is Cc1[nH]nc2ccc(-c3nnc(NC[C@@H](N)Cc4cccc(-c5ccccc5)c4)s3)cc12. The maximum atomic E-state index is 6.41. The molecule has 0 fully saturated rings. The zero-order chi connectivity index (χ0) is 21.9. The Morgan fingerprint density at radius 1 is 0.938 bits per heavy atom. The van der Waals surface area contributed by atoms with Gasteiger partial charge in [-0.15, -0.1) is 10.2 Å². The maximum absolute atomic E-state index is 6.41. The lowest BCUT2D eigenvalue weighted by Crippen LogP contribution is -2.31. The number of H-pyrrole nitrogens is 1. The van der Waals surface area contributed by atoms with Crippen LogP contribution in [-0.2, 0) is 6.42 Å². The quantitative estimate of drug-likeness (QED) is 0.330. The molecule has 32 heavy (non-hydrogen) atoms. The van der Waals surface area contributed by atoms with E-state index in [-0.39, 0.29) is 6.04 Å². The van der Waals surface area contributed by atoms with E-state index in [0.29, 0.717) is 6.54 Å². The van der Waals surface area contributed by atoms with Crippen molar-refractivity contribution in [2.75, 3.05) is 11.9 Å². The van der Waals surface area contributed by atoms with Crippen molar-refractivity contribution >= 4 is 27.4 Å². The van der Waals surface area contributed by atoms with Gasteiger partial charge in [-0.2, -0.15) is 5.10 Å². The highest BCUT2D eigenvalue weighted by Crippen LogP contribution is 2.29. The Bertz CT molecular complexity index is 1340. The van der Waals surface area contributed by atoms with Crippen LogP contribution in [0.3, 0.4) is 0 Å². The molecule has 2 heterocycles. The normalized spacial score (nSPS) is 12.2. The van der Waals surface area contributed by atoms with Crippen molar-refractivity contribution in [3.8, 4) is 21.7 Å². The van der Waals surface area contributed by atoms with Crippen LogP contribution >= 0.6 is 11.3 Å².